The van der Waals surface area contributed by atoms with Crippen LogP contribution in [0.3, 0.4) is 0 Å². The number of amides is 1. The highest BCUT2D eigenvalue weighted by molar-refractivity contribution is 5.99. The van der Waals surface area contributed by atoms with Crippen LogP contribution in [0.15, 0.2) is 65.9 Å². The second-order valence-corrected chi connectivity index (χ2v) is 7.53. The number of nitrogens with one attached hydrogen (secondary N) is 1. The lowest BCUT2D eigenvalue weighted by atomic mass is 9.89. The number of pyridine rings is 1. The Kier molecular flexibility index (Phi) is 5.98. The molecule has 1 N–H and O–H groups in total. The molecule has 0 radical (unpaired) electrons. The standard InChI is InChI=1S/C23H23N5O4/c1-16-12-19(28(26-16)20-10-6-7-11-24-20)21(29)25-15-18-14-23(32-27-18,22(30)31-2)13-17-8-4-3-5-9-17/h3-12H,13-15H2,1-2H3,(H,25,29). The van der Waals surface area contributed by atoms with Crippen LogP contribution in [0.2, 0.25) is 0 Å². The molecule has 0 fully saturated rings. The SMILES string of the molecule is COC(=O)C1(Cc2ccccc2)CC(CNC(=O)c2cc(C)nn2-c2ccccn2)=NO1. The zero-order valence-corrected chi connectivity index (χ0v) is 17.8. The number of rotatable bonds is 7. The molecule has 1 amide bonds. The molecule has 3 aromatic rings. The summed E-state index contributed by atoms with van der Waals surface area (Å²) in [6, 6.07) is 16.6. The van der Waals surface area contributed by atoms with Crippen molar-refractivity contribution >= 4 is 17.6 Å². The lowest BCUT2D eigenvalue weighted by Crippen LogP contribution is -2.43. The normalized spacial score (nSPS) is 17.4. The molecule has 9 heteroatoms. The molecule has 3 heterocycles. The number of hydrogen-bond donors (Lipinski definition) is 1. The van der Waals surface area contributed by atoms with Gasteiger partial charge in [0.15, 0.2) is 5.82 Å². The Labute approximate surface area is 185 Å². The molecule has 0 aliphatic carbocycles. The van der Waals surface area contributed by atoms with Gasteiger partial charge < -0.3 is 14.9 Å². The molecule has 0 saturated heterocycles. The first kappa shape index (κ1) is 21.2. The average Bonchev–Trinajstić information content (AvgIpc) is 3.42. The molecule has 1 atom stereocenters. The summed E-state index contributed by atoms with van der Waals surface area (Å²) in [6.07, 6.45) is 2.16. The fourth-order valence-corrected chi connectivity index (χ4v) is 3.62. The van der Waals surface area contributed by atoms with Gasteiger partial charge in [-0.2, -0.15) is 5.10 Å². The smallest absolute Gasteiger partial charge is 0.353 e. The lowest BCUT2D eigenvalue weighted by Gasteiger charge is -2.23. The van der Waals surface area contributed by atoms with Crippen molar-refractivity contribution in [1.82, 2.24) is 20.1 Å². The molecule has 1 aromatic carbocycles. The monoisotopic (exact) mass is 433 g/mol. The van der Waals surface area contributed by atoms with Crippen LogP contribution < -0.4 is 5.32 Å². The van der Waals surface area contributed by atoms with Crippen molar-refractivity contribution in [3.8, 4) is 5.82 Å². The van der Waals surface area contributed by atoms with Crippen LogP contribution in [0.4, 0.5) is 0 Å². The van der Waals surface area contributed by atoms with Gasteiger partial charge in [0, 0.05) is 19.0 Å². The van der Waals surface area contributed by atoms with Gasteiger partial charge in [0.1, 0.15) is 5.69 Å². The van der Waals surface area contributed by atoms with Gasteiger partial charge >= 0.3 is 5.97 Å². The minimum atomic E-state index is -1.25. The van der Waals surface area contributed by atoms with Crippen LogP contribution in [-0.2, 0) is 20.8 Å². The van der Waals surface area contributed by atoms with Crippen LogP contribution in [0, 0.1) is 6.92 Å². The summed E-state index contributed by atoms with van der Waals surface area (Å²) in [7, 11) is 1.32. The fraction of sp³-hybridized carbons (Fsp3) is 0.261. The largest absolute Gasteiger partial charge is 0.466 e. The van der Waals surface area contributed by atoms with Crippen LogP contribution in [-0.4, -0.2) is 51.6 Å². The van der Waals surface area contributed by atoms with E-state index in [4.69, 9.17) is 9.57 Å². The number of aryl methyl sites for hydroxylation is 1. The fourth-order valence-electron chi connectivity index (χ4n) is 3.62. The number of aromatic nitrogens is 3. The van der Waals surface area contributed by atoms with Crippen LogP contribution >= 0.6 is 0 Å². The van der Waals surface area contributed by atoms with Crippen molar-refractivity contribution in [3.05, 3.63) is 77.7 Å². The number of hydrogen-bond acceptors (Lipinski definition) is 7. The Morgan fingerprint density at radius 1 is 1.19 bits per heavy atom. The molecule has 4 rings (SSSR count). The predicted molar refractivity (Wildman–Crippen MR) is 116 cm³/mol. The van der Waals surface area contributed by atoms with Crippen molar-refractivity contribution in [3.63, 3.8) is 0 Å². The molecule has 1 aliphatic rings. The van der Waals surface area contributed by atoms with Gasteiger partial charge in [-0.3, -0.25) is 4.79 Å². The number of methoxy groups -OCH3 is 1. The number of ether oxygens (including phenoxy) is 1. The molecular formula is C23H23N5O4. The molecule has 0 saturated carbocycles. The summed E-state index contributed by atoms with van der Waals surface area (Å²) in [5.74, 6) is -0.298. The van der Waals surface area contributed by atoms with E-state index in [1.165, 1.54) is 11.8 Å². The maximum Gasteiger partial charge on any atom is 0.353 e. The van der Waals surface area contributed by atoms with Crippen molar-refractivity contribution in [2.45, 2.75) is 25.4 Å². The summed E-state index contributed by atoms with van der Waals surface area (Å²) in [6.45, 7) is 1.93. The van der Waals surface area contributed by atoms with Gasteiger partial charge in [0.05, 0.1) is 25.1 Å². The van der Waals surface area contributed by atoms with E-state index >= 15 is 0 Å². The Morgan fingerprint density at radius 3 is 2.69 bits per heavy atom. The Hall–Kier alpha value is -4.01. The molecule has 164 valence electrons. The first-order valence-corrected chi connectivity index (χ1v) is 10.1. The third kappa shape index (κ3) is 4.36. The van der Waals surface area contributed by atoms with E-state index in [2.05, 4.69) is 20.6 Å². The zero-order valence-electron chi connectivity index (χ0n) is 17.8. The van der Waals surface area contributed by atoms with Gasteiger partial charge in [-0.15, -0.1) is 0 Å². The summed E-state index contributed by atoms with van der Waals surface area (Å²) >= 11 is 0. The molecule has 0 bridgehead atoms. The van der Waals surface area contributed by atoms with Gasteiger partial charge in [-0.05, 0) is 30.7 Å². The van der Waals surface area contributed by atoms with Crippen LogP contribution in [0.25, 0.3) is 5.82 Å². The first-order valence-electron chi connectivity index (χ1n) is 10.1. The van der Waals surface area contributed by atoms with E-state index in [1.807, 2.05) is 36.4 Å². The maximum absolute atomic E-state index is 12.9. The molecular weight excluding hydrogens is 410 g/mol. The number of carbonyl (C=O) groups is 2. The van der Waals surface area contributed by atoms with Crippen molar-refractivity contribution < 1.29 is 19.2 Å². The maximum atomic E-state index is 12.9. The van der Waals surface area contributed by atoms with Gasteiger partial charge in [0.2, 0.25) is 5.60 Å². The minimum absolute atomic E-state index is 0.124. The highest BCUT2D eigenvalue weighted by Crippen LogP contribution is 2.29. The number of benzene rings is 1. The second kappa shape index (κ2) is 9.01. The highest BCUT2D eigenvalue weighted by atomic mass is 16.7. The third-order valence-corrected chi connectivity index (χ3v) is 5.11. The molecule has 9 nitrogen and oxygen atoms in total. The van der Waals surface area contributed by atoms with Crippen molar-refractivity contribution in [2.75, 3.05) is 13.7 Å². The third-order valence-electron chi connectivity index (χ3n) is 5.11. The van der Waals surface area contributed by atoms with E-state index in [9.17, 15) is 9.59 Å². The highest BCUT2D eigenvalue weighted by Gasteiger charge is 2.47. The summed E-state index contributed by atoms with van der Waals surface area (Å²) in [5, 5.41) is 11.3. The molecule has 1 unspecified atom stereocenters. The van der Waals surface area contributed by atoms with Crippen molar-refractivity contribution in [1.29, 1.82) is 0 Å². The van der Waals surface area contributed by atoms with Crippen LogP contribution in [0.1, 0.15) is 28.2 Å². The van der Waals surface area contributed by atoms with E-state index in [0.717, 1.165) is 5.56 Å². The van der Waals surface area contributed by atoms with E-state index < -0.39 is 11.6 Å². The number of esters is 1. The number of oxime groups is 1. The molecule has 2 aromatic heterocycles. The number of nitrogens with zero attached hydrogens (tertiary/aromatic N) is 4. The lowest BCUT2D eigenvalue weighted by molar-refractivity contribution is -0.166. The van der Waals surface area contributed by atoms with E-state index in [1.54, 1.807) is 31.3 Å². The Balaban J connectivity index is 1.45. The zero-order chi connectivity index (χ0) is 22.6. The number of carbonyl (C=O) groups excluding carboxylic acids is 2. The van der Waals surface area contributed by atoms with E-state index in [0.29, 0.717) is 29.3 Å². The average molecular weight is 433 g/mol. The Bertz CT molecular complexity index is 1140. The van der Waals surface area contributed by atoms with Gasteiger partial charge in [-0.25, -0.2) is 14.5 Å². The molecule has 0 spiro atoms. The van der Waals surface area contributed by atoms with Crippen molar-refractivity contribution in [2.24, 2.45) is 5.16 Å². The van der Waals surface area contributed by atoms with Gasteiger partial charge in [-0.1, -0.05) is 41.6 Å². The van der Waals surface area contributed by atoms with E-state index in [-0.39, 0.29) is 18.9 Å². The summed E-state index contributed by atoms with van der Waals surface area (Å²) < 4.78 is 6.47. The summed E-state index contributed by atoms with van der Waals surface area (Å²) in [5.41, 5.74) is 1.26. The van der Waals surface area contributed by atoms with Crippen LogP contribution in [0.5, 0.6) is 0 Å². The Morgan fingerprint density at radius 2 is 1.97 bits per heavy atom. The van der Waals surface area contributed by atoms with Gasteiger partial charge in [0.25, 0.3) is 5.91 Å². The minimum Gasteiger partial charge on any atom is -0.466 e. The quantitative estimate of drug-likeness (QED) is 0.573. The molecule has 1 aliphatic heterocycles. The summed E-state index contributed by atoms with van der Waals surface area (Å²) in [4.78, 5) is 35.2. The molecule has 32 heavy (non-hydrogen) atoms. The first-order chi connectivity index (χ1) is 15.5. The second-order valence-electron chi connectivity index (χ2n) is 7.53. The predicted octanol–water partition coefficient (Wildman–Crippen LogP) is 2.24. The topological polar surface area (TPSA) is 108 Å².